The summed E-state index contributed by atoms with van der Waals surface area (Å²) in [4.78, 5) is 23.3. The van der Waals surface area contributed by atoms with Crippen LogP contribution < -0.4 is 16.4 Å². The Bertz CT molecular complexity index is 684. The molecule has 2 aromatic carbocycles. The number of nitrogens with two attached hydrogens (primary N) is 1. The number of benzene rings is 2. The Morgan fingerprint density at radius 3 is 2.39 bits per heavy atom. The standard InChI is InChI=1S/C18H21N3O2/c1-13-11-15(20-18(23)12-19)8-9-16(13)21-17(22)10-7-14-5-3-2-4-6-14/h2-6,8-9,11H,7,10,12,19H2,1H3,(H,20,23)(H,21,22). The van der Waals surface area contributed by atoms with Crippen molar-refractivity contribution in [2.75, 3.05) is 17.2 Å². The molecule has 0 aliphatic rings. The predicted molar refractivity (Wildman–Crippen MR) is 92.3 cm³/mol. The van der Waals surface area contributed by atoms with Gasteiger partial charge in [0.15, 0.2) is 0 Å². The van der Waals surface area contributed by atoms with Crippen LogP contribution in [0, 0.1) is 6.92 Å². The van der Waals surface area contributed by atoms with Crippen molar-refractivity contribution in [1.82, 2.24) is 0 Å². The summed E-state index contributed by atoms with van der Waals surface area (Å²) in [5.74, 6) is -0.278. The van der Waals surface area contributed by atoms with Crippen LogP contribution in [-0.4, -0.2) is 18.4 Å². The number of hydrogen-bond acceptors (Lipinski definition) is 3. The minimum atomic E-state index is -0.246. The Balaban J connectivity index is 1.91. The van der Waals surface area contributed by atoms with E-state index in [2.05, 4.69) is 10.6 Å². The van der Waals surface area contributed by atoms with E-state index in [0.717, 1.165) is 16.8 Å². The molecule has 23 heavy (non-hydrogen) atoms. The Morgan fingerprint density at radius 1 is 1.00 bits per heavy atom. The van der Waals surface area contributed by atoms with E-state index in [9.17, 15) is 9.59 Å². The van der Waals surface area contributed by atoms with Crippen LogP contribution >= 0.6 is 0 Å². The topological polar surface area (TPSA) is 84.2 Å². The van der Waals surface area contributed by atoms with Crippen LogP contribution in [0.1, 0.15) is 17.5 Å². The highest BCUT2D eigenvalue weighted by Gasteiger charge is 2.07. The van der Waals surface area contributed by atoms with Crippen molar-refractivity contribution < 1.29 is 9.59 Å². The van der Waals surface area contributed by atoms with Crippen molar-refractivity contribution in [3.05, 3.63) is 59.7 Å². The Hall–Kier alpha value is -2.66. The SMILES string of the molecule is Cc1cc(NC(=O)CN)ccc1NC(=O)CCc1ccccc1. The first-order valence-electron chi connectivity index (χ1n) is 7.53. The average molecular weight is 311 g/mol. The second-order valence-corrected chi connectivity index (χ2v) is 5.32. The summed E-state index contributed by atoms with van der Waals surface area (Å²) in [5, 5.41) is 5.58. The Morgan fingerprint density at radius 2 is 1.74 bits per heavy atom. The average Bonchev–Trinajstić information content (AvgIpc) is 2.56. The minimum absolute atomic E-state index is 0.0318. The number of nitrogens with one attached hydrogen (secondary N) is 2. The van der Waals surface area contributed by atoms with Crippen LogP contribution in [0.4, 0.5) is 11.4 Å². The monoisotopic (exact) mass is 311 g/mol. The highest BCUT2D eigenvalue weighted by molar-refractivity contribution is 5.94. The van der Waals surface area contributed by atoms with Crippen molar-refractivity contribution >= 4 is 23.2 Å². The van der Waals surface area contributed by atoms with Crippen LogP contribution in [0.5, 0.6) is 0 Å². The van der Waals surface area contributed by atoms with Gasteiger partial charge in [0.25, 0.3) is 0 Å². The number of carbonyl (C=O) groups excluding carboxylic acids is 2. The normalized spacial score (nSPS) is 10.2. The molecule has 2 rings (SSSR count). The van der Waals surface area contributed by atoms with E-state index in [4.69, 9.17) is 5.73 Å². The van der Waals surface area contributed by atoms with Gasteiger partial charge in [-0.2, -0.15) is 0 Å². The smallest absolute Gasteiger partial charge is 0.238 e. The Labute approximate surface area is 135 Å². The van der Waals surface area contributed by atoms with E-state index in [1.165, 1.54) is 0 Å². The van der Waals surface area contributed by atoms with Gasteiger partial charge in [-0.1, -0.05) is 30.3 Å². The van der Waals surface area contributed by atoms with Crippen LogP contribution in [0.2, 0.25) is 0 Å². The zero-order valence-electron chi connectivity index (χ0n) is 13.1. The molecule has 0 aliphatic carbocycles. The lowest BCUT2D eigenvalue weighted by Gasteiger charge is -2.11. The molecule has 0 saturated carbocycles. The number of hydrogen-bond donors (Lipinski definition) is 3. The van der Waals surface area contributed by atoms with Gasteiger partial charge in [-0.25, -0.2) is 0 Å². The Kier molecular flexibility index (Phi) is 5.88. The largest absolute Gasteiger partial charge is 0.326 e. The summed E-state index contributed by atoms with van der Waals surface area (Å²) in [7, 11) is 0. The summed E-state index contributed by atoms with van der Waals surface area (Å²) in [6.45, 7) is 1.82. The number of carbonyl (C=O) groups is 2. The molecule has 0 saturated heterocycles. The van der Waals surface area contributed by atoms with Gasteiger partial charge in [0.2, 0.25) is 11.8 Å². The molecular formula is C18H21N3O2. The molecule has 0 heterocycles. The lowest BCUT2D eigenvalue weighted by molar-refractivity contribution is -0.116. The van der Waals surface area contributed by atoms with Crippen molar-refractivity contribution in [3.63, 3.8) is 0 Å². The van der Waals surface area contributed by atoms with Gasteiger partial charge in [-0.3, -0.25) is 9.59 Å². The molecule has 0 bridgehead atoms. The number of amides is 2. The van der Waals surface area contributed by atoms with Crippen molar-refractivity contribution in [2.45, 2.75) is 19.8 Å². The van der Waals surface area contributed by atoms with Gasteiger partial charge >= 0.3 is 0 Å². The van der Waals surface area contributed by atoms with Gasteiger partial charge in [0.05, 0.1) is 6.54 Å². The van der Waals surface area contributed by atoms with Crippen LogP contribution in [0.25, 0.3) is 0 Å². The maximum absolute atomic E-state index is 12.0. The molecule has 0 atom stereocenters. The van der Waals surface area contributed by atoms with E-state index in [1.54, 1.807) is 18.2 Å². The summed E-state index contributed by atoms with van der Waals surface area (Å²) in [6, 6.07) is 15.2. The molecule has 5 nitrogen and oxygen atoms in total. The molecule has 0 radical (unpaired) electrons. The first kappa shape index (κ1) is 16.7. The molecular weight excluding hydrogens is 290 g/mol. The first-order valence-corrected chi connectivity index (χ1v) is 7.53. The molecule has 2 aromatic rings. The van der Waals surface area contributed by atoms with Crippen LogP contribution in [0.15, 0.2) is 48.5 Å². The summed E-state index contributed by atoms with van der Waals surface area (Å²) >= 11 is 0. The second-order valence-electron chi connectivity index (χ2n) is 5.32. The molecule has 0 aliphatic heterocycles. The summed E-state index contributed by atoms with van der Waals surface area (Å²) in [6.07, 6.45) is 1.13. The maximum atomic E-state index is 12.0. The van der Waals surface area contributed by atoms with Crippen molar-refractivity contribution in [3.8, 4) is 0 Å². The molecule has 4 N–H and O–H groups in total. The molecule has 120 valence electrons. The quantitative estimate of drug-likeness (QED) is 0.766. The third-order valence-corrected chi connectivity index (χ3v) is 3.45. The van der Waals surface area contributed by atoms with E-state index >= 15 is 0 Å². The third-order valence-electron chi connectivity index (χ3n) is 3.45. The molecule has 0 aromatic heterocycles. The second kappa shape index (κ2) is 8.10. The lowest BCUT2D eigenvalue weighted by Crippen LogP contribution is -2.22. The van der Waals surface area contributed by atoms with Crippen molar-refractivity contribution in [1.29, 1.82) is 0 Å². The van der Waals surface area contributed by atoms with E-state index in [1.807, 2.05) is 37.3 Å². The highest BCUT2D eigenvalue weighted by Crippen LogP contribution is 2.20. The van der Waals surface area contributed by atoms with Gasteiger partial charge < -0.3 is 16.4 Å². The van der Waals surface area contributed by atoms with Gasteiger partial charge in [0, 0.05) is 17.8 Å². The zero-order chi connectivity index (χ0) is 16.7. The van der Waals surface area contributed by atoms with Gasteiger partial charge in [0.1, 0.15) is 0 Å². The highest BCUT2D eigenvalue weighted by atomic mass is 16.2. The predicted octanol–water partition coefficient (Wildman–Crippen LogP) is 2.46. The number of aryl methyl sites for hydroxylation is 2. The minimum Gasteiger partial charge on any atom is -0.326 e. The van der Waals surface area contributed by atoms with Crippen molar-refractivity contribution in [2.24, 2.45) is 5.73 Å². The van der Waals surface area contributed by atoms with Gasteiger partial charge in [-0.15, -0.1) is 0 Å². The summed E-state index contributed by atoms with van der Waals surface area (Å²) < 4.78 is 0. The fourth-order valence-corrected chi connectivity index (χ4v) is 2.21. The summed E-state index contributed by atoms with van der Waals surface area (Å²) in [5.41, 5.74) is 8.70. The number of anilines is 2. The first-order chi connectivity index (χ1) is 11.1. The van der Waals surface area contributed by atoms with Crippen LogP contribution in [-0.2, 0) is 16.0 Å². The van der Waals surface area contributed by atoms with E-state index in [0.29, 0.717) is 18.5 Å². The fraction of sp³-hybridized carbons (Fsp3) is 0.222. The lowest BCUT2D eigenvalue weighted by atomic mass is 10.1. The molecule has 0 unspecified atom stereocenters. The molecule has 0 fully saturated rings. The fourth-order valence-electron chi connectivity index (χ4n) is 2.21. The van der Waals surface area contributed by atoms with E-state index < -0.39 is 0 Å². The van der Waals surface area contributed by atoms with E-state index in [-0.39, 0.29) is 18.4 Å². The molecule has 2 amide bonds. The zero-order valence-corrected chi connectivity index (χ0v) is 13.1. The van der Waals surface area contributed by atoms with Gasteiger partial charge in [-0.05, 0) is 42.7 Å². The molecule has 0 spiro atoms. The third kappa shape index (κ3) is 5.23. The maximum Gasteiger partial charge on any atom is 0.238 e. The molecule has 5 heteroatoms. The van der Waals surface area contributed by atoms with Crippen LogP contribution in [0.3, 0.4) is 0 Å². The number of rotatable bonds is 6.